The molecule has 1 aromatic carbocycles. The van der Waals surface area contributed by atoms with E-state index >= 15 is 0 Å². The van der Waals surface area contributed by atoms with Crippen molar-refractivity contribution in [2.24, 2.45) is 0 Å². The lowest BCUT2D eigenvalue weighted by molar-refractivity contribution is 0.0988. The molecule has 0 saturated carbocycles. The Balaban J connectivity index is 2.24. The first-order valence-corrected chi connectivity index (χ1v) is 5.15. The summed E-state index contributed by atoms with van der Waals surface area (Å²) in [4.78, 5) is 15.8. The average molecular weight is 230 g/mol. The number of pyridine rings is 1. The Bertz CT molecular complexity index is 555. The highest BCUT2D eigenvalue weighted by atomic mass is 19.1. The summed E-state index contributed by atoms with van der Waals surface area (Å²) in [6.07, 6.45) is 1.46. The molecule has 0 aliphatic heterocycles. The van der Waals surface area contributed by atoms with Crippen molar-refractivity contribution in [1.82, 2.24) is 4.98 Å². The van der Waals surface area contributed by atoms with Crippen molar-refractivity contribution in [3.63, 3.8) is 0 Å². The number of hydrogen-bond donors (Lipinski definition) is 1. The largest absolute Gasteiger partial charge is 0.397 e. The van der Waals surface area contributed by atoms with Gasteiger partial charge in [0, 0.05) is 12.6 Å². The van der Waals surface area contributed by atoms with E-state index < -0.39 is 5.82 Å². The van der Waals surface area contributed by atoms with Gasteiger partial charge in [-0.1, -0.05) is 18.2 Å². The summed E-state index contributed by atoms with van der Waals surface area (Å²) in [5.41, 5.74) is 6.49. The standard InChI is InChI=1S/C13H11FN2O/c14-10-5-2-1-4-9(10)8-12(17)13-11(15)6-3-7-16-13/h1-7H,8,15H2. The van der Waals surface area contributed by atoms with Crippen LogP contribution in [0.4, 0.5) is 10.1 Å². The van der Waals surface area contributed by atoms with Crippen molar-refractivity contribution in [3.8, 4) is 0 Å². The van der Waals surface area contributed by atoms with Crippen LogP contribution in [0.25, 0.3) is 0 Å². The van der Waals surface area contributed by atoms with Gasteiger partial charge in [-0.3, -0.25) is 9.78 Å². The van der Waals surface area contributed by atoms with E-state index in [-0.39, 0.29) is 17.9 Å². The molecule has 2 rings (SSSR count). The van der Waals surface area contributed by atoms with Crippen LogP contribution in [0, 0.1) is 5.82 Å². The minimum absolute atomic E-state index is 0.0338. The number of anilines is 1. The van der Waals surface area contributed by atoms with Crippen LogP contribution < -0.4 is 5.73 Å². The molecule has 0 spiro atoms. The number of halogens is 1. The second kappa shape index (κ2) is 4.74. The van der Waals surface area contributed by atoms with Gasteiger partial charge in [0.15, 0.2) is 5.78 Å². The van der Waals surface area contributed by atoms with Crippen LogP contribution in [0.2, 0.25) is 0 Å². The zero-order valence-corrected chi connectivity index (χ0v) is 9.06. The number of nitrogens with zero attached hydrogens (tertiary/aromatic N) is 1. The fourth-order valence-corrected chi connectivity index (χ4v) is 1.55. The molecule has 86 valence electrons. The maximum Gasteiger partial charge on any atom is 0.187 e. The predicted molar refractivity (Wildman–Crippen MR) is 63.1 cm³/mol. The molecule has 0 atom stereocenters. The van der Waals surface area contributed by atoms with Gasteiger partial charge in [0.2, 0.25) is 0 Å². The molecule has 0 unspecified atom stereocenters. The van der Waals surface area contributed by atoms with Crippen molar-refractivity contribution in [1.29, 1.82) is 0 Å². The van der Waals surface area contributed by atoms with Crippen molar-refractivity contribution in [2.75, 3.05) is 5.73 Å². The molecule has 0 aliphatic rings. The van der Waals surface area contributed by atoms with Gasteiger partial charge in [-0.2, -0.15) is 0 Å². The molecule has 1 heterocycles. The molecule has 4 heteroatoms. The van der Waals surface area contributed by atoms with Gasteiger partial charge >= 0.3 is 0 Å². The van der Waals surface area contributed by atoms with Crippen LogP contribution in [0.5, 0.6) is 0 Å². The molecule has 17 heavy (non-hydrogen) atoms. The van der Waals surface area contributed by atoms with Gasteiger partial charge in [-0.15, -0.1) is 0 Å². The molecular formula is C13H11FN2O. The number of carbonyl (C=O) groups is 1. The van der Waals surface area contributed by atoms with Crippen LogP contribution in [0.1, 0.15) is 16.1 Å². The molecule has 2 aromatic rings. The van der Waals surface area contributed by atoms with Crippen molar-refractivity contribution in [2.45, 2.75) is 6.42 Å². The predicted octanol–water partition coefficient (Wildman–Crippen LogP) is 2.23. The Labute approximate surface area is 98.1 Å². The number of benzene rings is 1. The molecule has 0 amide bonds. The van der Waals surface area contributed by atoms with E-state index in [4.69, 9.17) is 5.73 Å². The lowest BCUT2D eigenvalue weighted by Crippen LogP contribution is -2.10. The Morgan fingerprint density at radius 3 is 2.71 bits per heavy atom. The smallest absolute Gasteiger partial charge is 0.187 e. The zero-order valence-electron chi connectivity index (χ0n) is 9.06. The van der Waals surface area contributed by atoms with Crippen LogP contribution in [-0.4, -0.2) is 10.8 Å². The molecule has 3 nitrogen and oxygen atoms in total. The first-order chi connectivity index (χ1) is 8.18. The first-order valence-electron chi connectivity index (χ1n) is 5.15. The fraction of sp³-hybridized carbons (Fsp3) is 0.0769. The van der Waals surface area contributed by atoms with Gasteiger partial charge in [-0.25, -0.2) is 4.39 Å². The van der Waals surface area contributed by atoms with E-state index in [0.717, 1.165) is 0 Å². The highest BCUT2D eigenvalue weighted by molar-refractivity contribution is 5.99. The summed E-state index contributed by atoms with van der Waals surface area (Å²) in [6.45, 7) is 0. The topological polar surface area (TPSA) is 56.0 Å². The third kappa shape index (κ3) is 2.47. The van der Waals surface area contributed by atoms with Crippen LogP contribution in [-0.2, 0) is 6.42 Å². The Morgan fingerprint density at radius 1 is 1.24 bits per heavy atom. The summed E-state index contributed by atoms with van der Waals surface area (Å²) in [7, 11) is 0. The van der Waals surface area contributed by atoms with E-state index in [0.29, 0.717) is 11.3 Å². The summed E-state index contributed by atoms with van der Waals surface area (Å²) in [6, 6.07) is 9.42. The maximum absolute atomic E-state index is 13.4. The number of carbonyl (C=O) groups excluding carboxylic acids is 1. The Kier molecular flexibility index (Phi) is 3.14. The second-order valence-corrected chi connectivity index (χ2v) is 3.63. The van der Waals surface area contributed by atoms with Gasteiger partial charge in [-0.05, 0) is 23.8 Å². The number of aromatic nitrogens is 1. The van der Waals surface area contributed by atoms with Crippen molar-refractivity contribution < 1.29 is 9.18 Å². The van der Waals surface area contributed by atoms with Gasteiger partial charge < -0.3 is 5.73 Å². The third-order valence-electron chi connectivity index (χ3n) is 2.41. The highest BCUT2D eigenvalue weighted by Gasteiger charge is 2.13. The normalized spacial score (nSPS) is 10.2. The first kappa shape index (κ1) is 11.3. The fourth-order valence-electron chi connectivity index (χ4n) is 1.55. The SMILES string of the molecule is Nc1cccnc1C(=O)Cc1ccccc1F. The summed E-state index contributed by atoms with van der Waals surface area (Å²) in [5.74, 6) is -0.677. The third-order valence-corrected chi connectivity index (χ3v) is 2.41. The Hall–Kier alpha value is -2.23. The zero-order chi connectivity index (χ0) is 12.3. The minimum Gasteiger partial charge on any atom is -0.397 e. The molecule has 0 aliphatic carbocycles. The Morgan fingerprint density at radius 2 is 2.00 bits per heavy atom. The van der Waals surface area contributed by atoms with Gasteiger partial charge in [0.05, 0.1) is 5.69 Å². The molecule has 2 N–H and O–H groups in total. The number of rotatable bonds is 3. The maximum atomic E-state index is 13.4. The van der Waals surface area contributed by atoms with E-state index in [2.05, 4.69) is 4.98 Å². The van der Waals surface area contributed by atoms with Crippen LogP contribution in [0.15, 0.2) is 42.6 Å². The monoisotopic (exact) mass is 230 g/mol. The molecule has 0 radical (unpaired) electrons. The van der Waals surface area contributed by atoms with E-state index in [1.807, 2.05) is 0 Å². The van der Waals surface area contributed by atoms with E-state index in [9.17, 15) is 9.18 Å². The number of nitrogens with two attached hydrogens (primary N) is 1. The lowest BCUT2D eigenvalue weighted by atomic mass is 10.1. The molecule has 0 fully saturated rings. The summed E-state index contributed by atoms with van der Waals surface area (Å²) in [5, 5.41) is 0. The summed E-state index contributed by atoms with van der Waals surface area (Å²) >= 11 is 0. The van der Waals surface area contributed by atoms with Crippen molar-refractivity contribution in [3.05, 3.63) is 59.7 Å². The van der Waals surface area contributed by atoms with Crippen LogP contribution >= 0.6 is 0 Å². The molecule has 0 saturated heterocycles. The second-order valence-electron chi connectivity index (χ2n) is 3.63. The molecule has 1 aromatic heterocycles. The number of nitrogen functional groups attached to an aromatic ring is 1. The summed E-state index contributed by atoms with van der Waals surface area (Å²) < 4.78 is 13.4. The van der Waals surface area contributed by atoms with Gasteiger partial charge in [0.25, 0.3) is 0 Å². The quantitative estimate of drug-likeness (QED) is 0.822. The number of Topliss-reactive ketones (excluding diaryl/α,β-unsaturated/α-hetero) is 1. The van der Waals surface area contributed by atoms with Crippen molar-refractivity contribution >= 4 is 11.5 Å². The average Bonchev–Trinajstić information content (AvgIpc) is 2.32. The molecular weight excluding hydrogens is 219 g/mol. The number of ketones is 1. The minimum atomic E-state index is -0.393. The highest BCUT2D eigenvalue weighted by Crippen LogP contribution is 2.13. The lowest BCUT2D eigenvalue weighted by Gasteiger charge is -2.04. The van der Waals surface area contributed by atoms with E-state index in [1.165, 1.54) is 12.3 Å². The van der Waals surface area contributed by atoms with Crippen LogP contribution in [0.3, 0.4) is 0 Å². The van der Waals surface area contributed by atoms with E-state index in [1.54, 1.807) is 30.3 Å². The molecule has 0 bridgehead atoms. The number of hydrogen-bond acceptors (Lipinski definition) is 3. The van der Waals surface area contributed by atoms with Gasteiger partial charge in [0.1, 0.15) is 11.5 Å².